The Morgan fingerprint density at radius 2 is 1.87 bits per heavy atom. The number of benzene rings is 1. The summed E-state index contributed by atoms with van der Waals surface area (Å²) in [6.45, 7) is 12.0. The quantitative estimate of drug-likeness (QED) is 0.786. The average Bonchev–Trinajstić information content (AvgIpc) is 2.63. The highest BCUT2D eigenvalue weighted by atomic mass is 79.9. The number of rotatable bonds is 2. The van der Waals surface area contributed by atoms with Crippen LogP contribution in [-0.2, 0) is 10.3 Å². The number of fused-ring (bicyclic) bond motifs is 1. The van der Waals surface area contributed by atoms with Gasteiger partial charge in [0.25, 0.3) is 0 Å². The Balaban J connectivity index is 2.55. The molecule has 126 valence electrons. The van der Waals surface area contributed by atoms with Crippen LogP contribution in [0.5, 0.6) is 0 Å². The molecule has 0 fully saturated rings. The van der Waals surface area contributed by atoms with Gasteiger partial charge in [0, 0.05) is 16.4 Å². The zero-order valence-corrected chi connectivity index (χ0v) is 16.0. The molecule has 4 nitrogen and oxygen atoms in total. The molecule has 1 heterocycles. The maximum atomic E-state index is 14.2. The molecule has 1 N–H and O–H groups in total. The molecule has 2 aromatic rings. The zero-order chi connectivity index (χ0) is 17.6. The monoisotopic (exact) mass is 383 g/mol. The zero-order valence-electron chi connectivity index (χ0n) is 14.4. The molecule has 2 rings (SSSR count). The molecule has 1 amide bonds. The summed E-state index contributed by atoms with van der Waals surface area (Å²) in [4.78, 5) is 16.6. The molecule has 0 saturated heterocycles. The van der Waals surface area contributed by atoms with Crippen molar-refractivity contribution in [3.63, 3.8) is 0 Å². The third-order valence-electron chi connectivity index (χ3n) is 3.29. The van der Waals surface area contributed by atoms with E-state index in [2.05, 4.69) is 26.2 Å². The van der Waals surface area contributed by atoms with Crippen molar-refractivity contribution < 1.29 is 9.18 Å². The van der Waals surface area contributed by atoms with E-state index in [-0.39, 0.29) is 22.4 Å². The lowest BCUT2D eigenvalue weighted by atomic mass is 9.92. The summed E-state index contributed by atoms with van der Waals surface area (Å²) in [5.74, 6) is -0.166. The van der Waals surface area contributed by atoms with Crippen LogP contribution in [0, 0.1) is 11.2 Å². The maximum absolute atomic E-state index is 14.2. The molecule has 1 aromatic heterocycles. The fourth-order valence-corrected chi connectivity index (χ4v) is 2.93. The number of hydrogen-bond acceptors (Lipinski definition) is 2. The minimum atomic E-state index is -0.413. The lowest BCUT2D eigenvalue weighted by Gasteiger charge is -2.25. The van der Waals surface area contributed by atoms with E-state index >= 15 is 0 Å². The molecule has 0 saturated carbocycles. The van der Waals surface area contributed by atoms with Crippen molar-refractivity contribution in [2.45, 2.75) is 53.5 Å². The first-order chi connectivity index (χ1) is 10.4. The Labute approximate surface area is 144 Å². The van der Waals surface area contributed by atoms with Gasteiger partial charge < -0.3 is 4.57 Å². The number of anilines is 1. The second-order valence-electron chi connectivity index (χ2n) is 7.98. The van der Waals surface area contributed by atoms with E-state index in [9.17, 15) is 9.18 Å². The first kappa shape index (κ1) is 17.9. The largest absolute Gasteiger partial charge is 0.304 e. The number of hydrogen-bond donors (Lipinski definition) is 1. The molecule has 0 aliphatic carbocycles. The maximum Gasteiger partial charge on any atom is 0.227 e. The van der Waals surface area contributed by atoms with Crippen LogP contribution in [0.1, 0.15) is 48.0 Å². The van der Waals surface area contributed by atoms with Gasteiger partial charge in [-0.2, -0.15) is 0 Å². The second kappa shape index (κ2) is 5.89. The van der Waals surface area contributed by atoms with Crippen molar-refractivity contribution in [2.75, 3.05) is 5.32 Å². The Bertz CT molecular complexity index is 754. The molecule has 0 unspecified atom stereocenters. The molecule has 23 heavy (non-hydrogen) atoms. The second-order valence-corrected chi connectivity index (χ2v) is 8.90. The molecular weight excluding hydrogens is 361 g/mol. The summed E-state index contributed by atoms with van der Waals surface area (Å²) in [6, 6.07) is 3.19. The fourth-order valence-electron chi connectivity index (χ4n) is 2.52. The van der Waals surface area contributed by atoms with E-state index in [4.69, 9.17) is 0 Å². The topological polar surface area (TPSA) is 46.9 Å². The summed E-state index contributed by atoms with van der Waals surface area (Å²) >= 11 is 3.32. The van der Waals surface area contributed by atoms with Gasteiger partial charge in [0.1, 0.15) is 5.52 Å². The van der Waals surface area contributed by atoms with Crippen LogP contribution in [0.15, 0.2) is 16.6 Å². The van der Waals surface area contributed by atoms with Crippen molar-refractivity contribution in [3.05, 3.63) is 22.4 Å². The van der Waals surface area contributed by atoms with Gasteiger partial charge in [-0.15, -0.1) is 0 Å². The summed E-state index contributed by atoms with van der Waals surface area (Å²) in [7, 11) is 0. The molecule has 0 atom stereocenters. The standard InChI is InChI=1S/C17H23BrFN3O/c1-16(2,3)9-13(23)20-15-21-14-11(19)7-10(18)8-12(14)22(15)17(4,5)6/h7-8H,9H2,1-6H3,(H,20,21,23). The smallest absolute Gasteiger partial charge is 0.227 e. The van der Waals surface area contributed by atoms with Gasteiger partial charge in [-0.25, -0.2) is 9.37 Å². The normalized spacial score (nSPS) is 12.7. The average molecular weight is 384 g/mol. The fraction of sp³-hybridized carbons (Fsp3) is 0.529. The van der Waals surface area contributed by atoms with E-state index in [1.54, 1.807) is 0 Å². The summed E-state index contributed by atoms with van der Waals surface area (Å²) in [5.41, 5.74) is 0.424. The van der Waals surface area contributed by atoms with Crippen LogP contribution in [0.2, 0.25) is 0 Å². The first-order valence-electron chi connectivity index (χ1n) is 7.56. The predicted octanol–water partition coefficient (Wildman–Crippen LogP) is 5.07. The van der Waals surface area contributed by atoms with E-state index in [1.807, 2.05) is 52.2 Å². The SMILES string of the molecule is CC(C)(C)CC(=O)Nc1nc2c(F)cc(Br)cc2n1C(C)(C)C. The third kappa shape index (κ3) is 4.10. The minimum absolute atomic E-state index is 0.127. The molecule has 0 radical (unpaired) electrons. The van der Waals surface area contributed by atoms with Crippen molar-refractivity contribution in [1.29, 1.82) is 0 Å². The van der Waals surface area contributed by atoms with E-state index in [0.717, 1.165) is 0 Å². The molecular formula is C17H23BrFN3O. The molecule has 6 heteroatoms. The molecule has 0 aliphatic rings. The third-order valence-corrected chi connectivity index (χ3v) is 3.75. The van der Waals surface area contributed by atoms with Crippen LogP contribution in [-0.4, -0.2) is 15.5 Å². The van der Waals surface area contributed by atoms with Gasteiger partial charge in [-0.1, -0.05) is 36.7 Å². The minimum Gasteiger partial charge on any atom is -0.304 e. The number of imidazole rings is 1. The van der Waals surface area contributed by atoms with Crippen LogP contribution in [0.25, 0.3) is 11.0 Å². The van der Waals surface area contributed by atoms with Crippen molar-refractivity contribution in [2.24, 2.45) is 5.41 Å². The van der Waals surface area contributed by atoms with Gasteiger partial charge in [-0.05, 0) is 38.3 Å². The first-order valence-corrected chi connectivity index (χ1v) is 8.35. The van der Waals surface area contributed by atoms with E-state index in [1.165, 1.54) is 6.07 Å². The number of nitrogens with zero attached hydrogens (tertiary/aromatic N) is 2. The van der Waals surface area contributed by atoms with Gasteiger partial charge >= 0.3 is 0 Å². The van der Waals surface area contributed by atoms with Crippen molar-refractivity contribution in [1.82, 2.24) is 9.55 Å². The Hall–Kier alpha value is -1.43. The Kier molecular flexibility index (Phi) is 4.59. The Morgan fingerprint density at radius 3 is 2.39 bits per heavy atom. The van der Waals surface area contributed by atoms with E-state index < -0.39 is 5.82 Å². The van der Waals surface area contributed by atoms with Crippen molar-refractivity contribution >= 4 is 38.8 Å². The number of halogens is 2. The number of amides is 1. The van der Waals surface area contributed by atoms with Crippen LogP contribution in [0.4, 0.5) is 10.3 Å². The molecule has 0 aliphatic heterocycles. The molecule has 0 spiro atoms. The Morgan fingerprint density at radius 1 is 1.26 bits per heavy atom. The predicted molar refractivity (Wildman–Crippen MR) is 95.1 cm³/mol. The molecule has 1 aromatic carbocycles. The lowest BCUT2D eigenvalue weighted by Crippen LogP contribution is -2.27. The van der Waals surface area contributed by atoms with Gasteiger partial charge in [0.15, 0.2) is 5.82 Å². The van der Waals surface area contributed by atoms with Crippen LogP contribution >= 0.6 is 15.9 Å². The highest BCUT2D eigenvalue weighted by Crippen LogP contribution is 2.32. The van der Waals surface area contributed by atoms with Gasteiger partial charge in [0.05, 0.1) is 5.52 Å². The van der Waals surface area contributed by atoms with E-state index in [0.29, 0.717) is 22.4 Å². The van der Waals surface area contributed by atoms with Crippen molar-refractivity contribution in [3.8, 4) is 0 Å². The highest BCUT2D eigenvalue weighted by molar-refractivity contribution is 9.10. The van der Waals surface area contributed by atoms with Crippen LogP contribution in [0.3, 0.4) is 0 Å². The van der Waals surface area contributed by atoms with Crippen LogP contribution < -0.4 is 5.32 Å². The summed E-state index contributed by atoms with van der Waals surface area (Å²) in [5, 5.41) is 2.84. The van der Waals surface area contributed by atoms with Gasteiger partial charge in [0.2, 0.25) is 11.9 Å². The lowest BCUT2D eigenvalue weighted by molar-refractivity contribution is -0.117. The summed E-state index contributed by atoms with van der Waals surface area (Å²) < 4.78 is 16.7. The highest BCUT2D eigenvalue weighted by Gasteiger charge is 2.25. The summed E-state index contributed by atoms with van der Waals surface area (Å²) in [6.07, 6.45) is 0.368. The van der Waals surface area contributed by atoms with Gasteiger partial charge in [-0.3, -0.25) is 10.1 Å². The molecule has 0 bridgehead atoms. The number of nitrogens with one attached hydrogen (secondary N) is 1. The number of aromatic nitrogens is 2. The number of carbonyl (C=O) groups is 1. The number of carbonyl (C=O) groups excluding carboxylic acids is 1.